The molecule has 0 aliphatic carbocycles. The standard InChI is InChI=1S/C50H84O6/c1-4-7-10-13-16-18-20-21-22-23-24-25-26-27-28-29-30-32-34-37-40-43-49(52)55-46-47(45-54-48(51)42-39-36-33-15-12-9-6-3)56-50(53)44-41-38-35-31-19-17-14-11-8-5-2/h7,10,16,18,21-22,24-25,27-28,30,32,47H,4-6,8-9,11-15,17,19-20,23,26,29,31,33-46H2,1-3H3/b10-7-,18-16-,22-21-,25-24-,28-27-,32-30-. The average molecular weight is 781 g/mol. The summed E-state index contributed by atoms with van der Waals surface area (Å²) in [6, 6.07) is 0. The summed E-state index contributed by atoms with van der Waals surface area (Å²) in [5, 5.41) is 0. The first kappa shape index (κ1) is 52.9. The lowest BCUT2D eigenvalue weighted by atomic mass is 10.1. The fourth-order valence-electron chi connectivity index (χ4n) is 6.03. The van der Waals surface area contributed by atoms with Crippen molar-refractivity contribution in [2.45, 2.75) is 213 Å². The summed E-state index contributed by atoms with van der Waals surface area (Å²) in [6.45, 7) is 6.41. The van der Waals surface area contributed by atoms with Crippen molar-refractivity contribution in [3.05, 3.63) is 72.9 Å². The van der Waals surface area contributed by atoms with Crippen LogP contribution >= 0.6 is 0 Å². The molecule has 0 amide bonds. The van der Waals surface area contributed by atoms with Crippen molar-refractivity contribution in [2.24, 2.45) is 0 Å². The van der Waals surface area contributed by atoms with Gasteiger partial charge in [0.1, 0.15) is 13.2 Å². The van der Waals surface area contributed by atoms with Crippen molar-refractivity contribution in [3.63, 3.8) is 0 Å². The van der Waals surface area contributed by atoms with Crippen molar-refractivity contribution in [3.8, 4) is 0 Å². The molecule has 320 valence electrons. The van der Waals surface area contributed by atoms with Crippen LogP contribution < -0.4 is 0 Å². The Bertz CT molecular complexity index is 1080. The van der Waals surface area contributed by atoms with E-state index in [1.165, 1.54) is 70.6 Å². The van der Waals surface area contributed by atoms with E-state index in [1.54, 1.807) is 0 Å². The number of carbonyl (C=O) groups excluding carboxylic acids is 3. The lowest BCUT2D eigenvalue weighted by molar-refractivity contribution is -0.167. The van der Waals surface area contributed by atoms with Crippen LogP contribution in [0.3, 0.4) is 0 Å². The Labute approximate surface area is 344 Å². The van der Waals surface area contributed by atoms with Gasteiger partial charge in [-0.15, -0.1) is 0 Å². The van der Waals surface area contributed by atoms with Crippen LogP contribution in [0.5, 0.6) is 0 Å². The number of rotatable bonds is 40. The lowest BCUT2D eigenvalue weighted by Crippen LogP contribution is -2.30. The van der Waals surface area contributed by atoms with Gasteiger partial charge in [-0.05, 0) is 70.6 Å². The molecule has 0 aliphatic heterocycles. The zero-order chi connectivity index (χ0) is 40.8. The minimum Gasteiger partial charge on any atom is -0.462 e. The summed E-state index contributed by atoms with van der Waals surface area (Å²) in [6.07, 6.45) is 54.7. The average Bonchev–Trinajstić information content (AvgIpc) is 3.19. The van der Waals surface area contributed by atoms with E-state index >= 15 is 0 Å². The third-order valence-corrected chi connectivity index (χ3v) is 9.48. The van der Waals surface area contributed by atoms with Crippen molar-refractivity contribution in [1.82, 2.24) is 0 Å². The second kappa shape index (κ2) is 44.6. The predicted octanol–water partition coefficient (Wildman–Crippen LogP) is 14.7. The van der Waals surface area contributed by atoms with Gasteiger partial charge < -0.3 is 14.2 Å². The minimum absolute atomic E-state index is 0.0882. The van der Waals surface area contributed by atoms with Gasteiger partial charge in [0.25, 0.3) is 0 Å². The molecular formula is C50H84O6. The van der Waals surface area contributed by atoms with E-state index in [1.807, 2.05) is 0 Å². The summed E-state index contributed by atoms with van der Waals surface area (Å²) < 4.78 is 16.6. The molecule has 0 rings (SSSR count). The maximum Gasteiger partial charge on any atom is 0.306 e. The second-order valence-corrected chi connectivity index (χ2v) is 14.9. The third kappa shape index (κ3) is 42.0. The molecule has 6 heteroatoms. The molecule has 0 radical (unpaired) electrons. The highest BCUT2D eigenvalue weighted by Gasteiger charge is 2.19. The number of unbranched alkanes of at least 4 members (excludes halogenated alkanes) is 17. The third-order valence-electron chi connectivity index (χ3n) is 9.48. The summed E-state index contributed by atoms with van der Waals surface area (Å²) in [4.78, 5) is 37.5. The van der Waals surface area contributed by atoms with Gasteiger partial charge in [0.05, 0.1) is 0 Å². The Kier molecular flexibility index (Phi) is 42.1. The van der Waals surface area contributed by atoms with E-state index in [0.29, 0.717) is 19.3 Å². The molecule has 0 fully saturated rings. The molecule has 1 atom stereocenters. The molecule has 0 spiro atoms. The van der Waals surface area contributed by atoms with Crippen LogP contribution in [0.2, 0.25) is 0 Å². The lowest BCUT2D eigenvalue weighted by Gasteiger charge is -2.18. The molecule has 0 bridgehead atoms. The number of ether oxygens (including phenoxy) is 3. The summed E-state index contributed by atoms with van der Waals surface area (Å²) in [7, 11) is 0. The number of hydrogen-bond acceptors (Lipinski definition) is 6. The highest BCUT2D eigenvalue weighted by Crippen LogP contribution is 2.13. The SMILES string of the molecule is CC/C=C\C/C=C\C/C=C\C/C=C\C/C=C\C/C=C\CCCCC(=O)OCC(COC(=O)CCCCCCCCC)OC(=O)CCCCCCCCCCCC. The van der Waals surface area contributed by atoms with E-state index in [4.69, 9.17) is 14.2 Å². The number of carbonyl (C=O) groups is 3. The van der Waals surface area contributed by atoms with Crippen molar-refractivity contribution >= 4 is 17.9 Å². The van der Waals surface area contributed by atoms with E-state index in [-0.39, 0.29) is 31.1 Å². The van der Waals surface area contributed by atoms with Crippen LogP contribution in [0, 0.1) is 0 Å². The van der Waals surface area contributed by atoms with Crippen LogP contribution in [-0.2, 0) is 28.6 Å². The molecule has 1 unspecified atom stereocenters. The Balaban J connectivity index is 4.34. The maximum absolute atomic E-state index is 12.6. The molecule has 0 N–H and O–H groups in total. The van der Waals surface area contributed by atoms with Gasteiger partial charge in [-0.2, -0.15) is 0 Å². The molecule has 0 heterocycles. The summed E-state index contributed by atoms with van der Waals surface area (Å²) >= 11 is 0. The van der Waals surface area contributed by atoms with Crippen LogP contribution in [0.25, 0.3) is 0 Å². The quantitative estimate of drug-likeness (QED) is 0.0267. The van der Waals surface area contributed by atoms with E-state index in [9.17, 15) is 14.4 Å². The van der Waals surface area contributed by atoms with Crippen molar-refractivity contribution in [1.29, 1.82) is 0 Å². The Morgan fingerprint density at radius 3 is 1.09 bits per heavy atom. The summed E-state index contributed by atoms with van der Waals surface area (Å²) in [5.41, 5.74) is 0. The van der Waals surface area contributed by atoms with Gasteiger partial charge in [-0.1, -0.05) is 190 Å². The van der Waals surface area contributed by atoms with Gasteiger partial charge in [0, 0.05) is 19.3 Å². The molecule has 0 aromatic rings. The van der Waals surface area contributed by atoms with Crippen LogP contribution in [0.15, 0.2) is 72.9 Å². The van der Waals surface area contributed by atoms with E-state index in [0.717, 1.165) is 96.3 Å². The Morgan fingerprint density at radius 2 is 0.696 bits per heavy atom. The van der Waals surface area contributed by atoms with Crippen LogP contribution in [0.4, 0.5) is 0 Å². The monoisotopic (exact) mass is 781 g/mol. The molecular weight excluding hydrogens is 697 g/mol. The molecule has 56 heavy (non-hydrogen) atoms. The van der Waals surface area contributed by atoms with Gasteiger partial charge in [-0.25, -0.2) is 0 Å². The number of hydrogen-bond donors (Lipinski definition) is 0. The number of esters is 3. The molecule has 0 saturated heterocycles. The van der Waals surface area contributed by atoms with Gasteiger partial charge in [0.2, 0.25) is 0 Å². The number of allylic oxidation sites excluding steroid dienone is 12. The molecule has 0 aromatic carbocycles. The zero-order valence-electron chi connectivity index (χ0n) is 36.4. The highest BCUT2D eigenvalue weighted by atomic mass is 16.6. The molecule has 0 saturated carbocycles. The first-order chi connectivity index (χ1) is 27.5. The first-order valence-electron chi connectivity index (χ1n) is 22.9. The topological polar surface area (TPSA) is 78.9 Å². The maximum atomic E-state index is 12.6. The zero-order valence-corrected chi connectivity index (χ0v) is 36.4. The fraction of sp³-hybridized carbons (Fsp3) is 0.700. The predicted molar refractivity (Wildman–Crippen MR) is 238 cm³/mol. The van der Waals surface area contributed by atoms with E-state index in [2.05, 4.69) is 93.7 Å². The second-order valence-electron chi connectivity index (χ2n) is 14.9. The normalized spacial score (nSPS) is 12.7. The first-order valence-corrected chi connectivity index (χ1v) is 22.9. The van der Waals surface area contributed by atoms with Crippen LogP contribution in [-0.4, -0.2) is 37.2 Å². The van der Waals surface area contributed by atoms with Gasteiger partial charge in [0.15, 0.2) is 6.10 Å². The van der Waals surface area contributed by atoms with Gasteiger partial charge in [-0.3, -0.25) is 14.4 Å². The minimum atomic E-state index is -0.786. The van der Waals surface area contributed by atoms with Crippen LogP contribution in [0.1, 0.15) is 207 Å². The van der Waals surface area contributed by atoms with E-state index < -0.39 is 6.10 Å². The molecule has 0 aliphatic rings. The van der Waals surface area contributed by atoms with Crippen molar-refractivity contribution in [2.75, 3.05) is 13.2 Å². The van der Waals surface area contributed by atoms with Crippen molar-refractivity contribution < 1.29 is 28.6 Å². The largest absolute Gasteiger partial charge is 0.462 e. The molecule has 6 nitrogen and oxygen atoms in total. The molecule has 0 aromatic heterocycles. The smallest absolute Gasteiger partial charge is 0.306 e. The Morgan fingerprint density at radius 1 is 0.375 bits per heavy atom. The van der Waals surface area contributed by atoms with Gasteiger partial charge >= 0.3 is 17.9 Å². The fourth-order valence-corrected chi connectivity index (χ4v) is 6.03. The Hall–Kier alpha value is -3.15. The highest BCUT2D eigenvalue weighted by molar-refractivity contribution is 5.71. The summed E-state index contributed by atoms with van der Waals surface area (Å²) in [5.74, 6) is -0.946.